The van der Waals surface area contributed by atoms with Crippen molar-refractivity contribution in [2.24, 2.45) is 0 Å². The minimum absolute atomic E-state index is 0.163. The molecular formula is C14H15N3O4. The molecule has 0 fully saturated rings. The standard InChI is InChI=1S/C14H15N3O4/c1-3-21-14(19)11(8-15)9-16-17-13(18)10-4-6-12(20-2)7-5-10/h4-7,9,16H,3H2,1-2H3,(H,17,18)/b11-9+. The van der Waals surface area contributed by atoms with Crippen molar-refractivity contribution < 1.29 is 19.1 Å². The molecule has 0 aromatic heterocycles. The van der Waals surface area contributed by atoms with Gasteiger partial charge in [0, 0.05) is 11.8 Å². The van der Waals surface area contributed by atoms with Gasteiger partial charge in [-0.25, -0.2) is 4.79 Å². The van der Waals surface area contributed by atoms with Crippen LogP contribution in [0.15, 0.2) is 36.0 Å². The largest absolute Gasteiger partial charge is 0.497 e. The van der Waals surface area contributed by atoms with E-state index >= 15 is 0 Å². The number of nitrogens with one attached hydrogen (secondary N) is 2. The first kappa shape index (κ1) is 16.0. The summed E-state index contributed by atoms with van der Waals surface area (Å²) < 4.78 is 9.65. The van der Waals surface area contributed by atoms with Crippen LogP contribution in [0.4, 0.5) is 0 Å². The Balaban J connectivity index is 2.59. The molecule has 0 atom stereocenters. The molecular weight excluding hydrogens is 274 g/mol. The SMILES string of the molecule is CCOC(=O)/C(C#N)=C/NNC(=O)c1ccc(OC)cc1. The number of esters is 1. The number of hydrogen-bond acceptors (Lipinski definition) is 6. The molecule has 0 saturated heterocycles. The Morgan fingerprint density at radius 2 is 2.00 bits per heavy atom. The van der Waals surface area contributed by atoms with Gasteiger partial charge in [0.2, 0.25) is 0 Å². The lowest BCUT2D eigenvalue weighted by atomic mass is 10.2. The van der Waals surface area contributed by atoms with E-state index in [1.54, 1.807) is 37.3 Å². The Labute approximate surface area is 122 Å². The van der Waals surface area contributed by atoms with Gasteiger partial charge in [0.25, 0.3) is 5.91 Å². The number of carbonyl (C=O) groups is 2. The topological polar surface area (TPSA) is 100 Å². The molecule has 0 saturated carbocycles. The third kappa shape index (κ3) is 4.87. The number of ether oxygens (including phenoxy) is 2. The highest BCUT2D eigenvalue weighted by Gasteiger charge is 2.09. The summed E-state index contributed by atoms with van der Waals surface area (Å²) in [7, 11) is 1.53. The summed E-state index contributed by atoms with van der Waals surface area (Å²) in [6.45, 7) is 1.79. The third-order valence-corrected chi connectivity index (χ3v) is 2.37. The first-order valence-corrected chi connectivity index (χ1v) is 6.09. The third-order valence-electron chi connectivity index (χ3n) is 2.37. The van der Waals surface area contributed by atoms with E-state index in [2.05, 4.69) is 15.6 Å². The van der Waals surface area contributed by atoms with E-state index in [9.17, 15) is 9.59 Å². The minimum Gasteiger partial charge on any atom is -0.497 e. The van der Waals surface area contributed by atoms with Crippen LogP contribution in [0.1, 0.15) is 17.3 Å². The van der Waals surface area contributed by atoms with Gasteiger partial charge in [-0.1, -0.05) is 0 Å². The predicted octanol–water partition coefficient (Wildman–Crippen LogP) is 0.900. The van der Waals surface area contributed by atoms with Crippen molar-refractivity contribution in [2.45, 2.75) is 6.92 Å². The van der Waals surface area contributed by atoms with E-state index in [1.807, 2.05) is 0 Å². The Morgan fingerprint density at radius 3 is 2.52 bits per heavy atom. The number of benzene rings is 1. The monoisotopic (exact) mass is 289 g/mol. The molecule has 1 aromatic rings. The van der Waals surface area contributed by atoms with Crippen molar-refractivity contribution in [3.63, 3.8) is 0 Å². The van der Waals surface area contributed by atoms with E-state index < -0.39 is 11.9 Å². The number of methoxy groups -OCH3 is 1. The summed E-state index contributed by atoms with van der Waals surface area (Å²) in [4.78, 5) is 23.1. The van der Waals surface area contributed by atoms with Crippen molar-refractivity contribution in [2.75, 3.05) is 13.7 Å². The maximum Gasteiger partial charge on any atom is 0.350 e. The Hall–Kier alpha value is -3.01. The van der Waals surface area contributed by atoms with Gasteiger partial charge in [0.15, 0.2) is 5.57 Å². The lowest BCUT2D eigenvalue weighted by molar-refractivity contribution is -0.138. The number of nitriles is 1. The average molecular weight is 289 g/mol. The summed E-state index contributed by atoms with van der Waals surface area (Å²) in [6, 6.07) is 8.12. The summed E-state index contributed by atoms with van der Waals surface area (Å²) in [5, 5.41) is 8.78. The zero-order valence-electron chi connectivity index (χ0n) is 11.7. The first-order valence-electron chi connectivity index (χ1n) is 6.09. The van der Waals surface area contributed by atoms with Gasteiger partial charge in [-0.15, -0.1) is 0 Å². The highest BCUT2D eigenvalue weighted by Crippen LogP contribution is 2.10. The van der Waals surface area contributed by atoms with Crippen molar-refractivity contribution in [1.82, 2.24) is 10.9 Å². The number of carbonyl (C=O) groups excluding carboxylic acids is 2. The van der Waals surface area contributed by atoms with Crippen LogP contribution in [0.3, 0.4) is 0 Å². The van der Waals surface area contributed by atoms with Crippen molar-refractivity contribution >= 4 is 11.9 Å². The molecule has 7 nitrogen and oxygen atoms in total. The van der Waals surface area contributed by atoms with E-state index in [0.717, 1.165) is 6.20 Å². The first-order chi connectivity index (χ1) is 10.1. The normalized spacial score (nSPS) is 10.2. The fourth-order valence-corrected chi connectivity index (χ4v) is 1.33. The molecule has 1 aromatic carbocycles. The van der Waals surface area contributed by atoms with Gasteiger partial charge in [-0.3, -0.25) is 10.2 Å². The van der Waals surface area contributed by atoms with Gasteiger partial charge < -0.3 is 14.9 Å². The zero-order chi connectivity index (χ0) is 15.7. The highest BCUT2D eigenvalue weighted by atomic mass is 16.5. The smallest absolute Gasteiger partial charge is 0.350 e. The molecule has 1 rings (SSSR count). The maximum atomic E-state index is 11.8. The second-order valence-corrected chi connectivity index (χ2v) is 3.72. The molecule has 110 valence electrons. The van der Waals surface area contributed by atoms with Crippen LogP contribution in [-0.4, -0.2) is 25.6 Å². The van der Waals surface area contributed by atoms with E-state index in [-0.39, 0.29) is 12.2 Å². The number of nitrogens with zero attached hydrogens (tertiary/aromatic N) is 1. The van der Waals surface area contributed by atoms with Crippen molar-refractivity contribution in [3.05, 3.63) is 41.6 Å². The van der Waals surface area contributed by atoms with E-state index in [4.69, 9.17) is 10.00 Å². The second-order valence-electron chi connectivity index (χ2n) is 3.72. The van der Waals surface area contributed by atoms with Crippen LogP contribution in [0.25, 0.3) is 0 Å². The molecule has 0 aliphatic rings. The molecule has 0 unspecified atom stereocenters. The van der Waals surface area contributed by atoms with Gasteiger partial charge in [-0.05, 0) is 31.2 Å². The van der Waals surface area contributed by atoms with E-state index in [0.29, 0.717) is 11.3 Å². The lowest BCUT2D eigenvalue weighted by Gasteiger charge is -2.06. The number of hydrogen-bond donors (Lipinski definition) is 2. The van der Waals surface area contributed by atoms with Crippen LogP contribution in [0.5, 0.6) is 5.75 Å². The van der Waals surface area contributed by atoms with Gasteiger partial charge in [0.05, 0.1) is 13.7 Å². The van der Waals surface area contributed by atoms with Crippen molar-refractivity contribution in [1.29, 1.82) is 5.26 Å². The molecule has 21 heavy (non-hydrogen) atoms. The highest BCUT2D eigenvalue weighted by molar-refractivity contribution is 5.94. The van der Waals surface area contributed by atoms with Crippen LogP contribution in [0.2, 0.25) is 0 Å². The quantitative estimate of drug-likeness (QED) is 0.349. The molecule has 0 aliphatic heterocycles. The summed E-state index contributed by atoms with van der Waals surface area (Å²) in [6.07, 6.45) is 1.07. The minimum atomic E-state index is -0.758. The van der Waals surface area contributed by atoms with Gasteiger partial charge in [0.1, 0.15) is 11.8 Å². The molecule has 1 amide bonds. The number of hydrazine groups is 1. The molecule has 7 heteroatoms. The van der Waals surface area contributed by atoms with E-state index in [1.165, 1.54) is 7.11 Å². The Bertz CT molecular complexity index is 573. The lowest BCUT2D eigenvalue weighted by Crippen LogP contribution is -2.34. The van der Waals surface area contributed by atoms with Gasteiger partial charge in [-0.2, -0.15) is 5.26 Å². The fourth-order valence-electron chi connectivity index (χ4n) is 1.33. The van der Waals surface area contributed by atoms with Gasteiger partial charge >= 0.3 is 5.97 Å². The predicted molar refractivity (Wildman–Crippen MR) is 73.9 cm³/mol. The maximum absolute atomic E-state index is 11.8. The Morgan fingerprint density at radius 1 is 1.33 bits per heavy atom. The van der Waals surface area contributed by atoms with Crippen LogP contribution in [0, 0.1) is 11.3 Å². The van der Waals surface area contributed by atoms with Crippen LogP contribution >= 0.6 is 0 Å². The molecule has 0 radical (unpaired) electrons. The van der Waals surface area contributed by atoms with Crippen LogP contribution in [-0.2, 0) is 9.53 Å². The summed E-state index contributed by atoms with van der Waals surface area (Å²) >= 11 is 0. The fraction of sp³-hybridized carbons (Fsp3) is 0.214. The molecule has 0 spiro atoms. The Kier molecular flexibility index (Phi) is 6.28. The molecule has 2 N–H and O–H groups in total. The number of amides is 1. The second kappa shape index (κ2) is 8.22. The molecule has 0 bridgehead atoms. The summed E-state index contributed by atoms with van der Waals surface area (Å²) in [5.74, 6) is -0.547. The van der Waals surface area contributed by atoms with Crippen LogP contribution < -0.4 is 15.6 Å². The molecule has 0 heterocycles. The average Bonchev–Trinajstić information content (AvgIpc) is 2.51. The van der Waals surface area contributed by atoms with Crippen molar-refractivity contribution in [3.8, 4) is 11.8 Å². The number of rotatable bonds is 6. The molecule has 0 aliphatic carbocycles. The zero-order valence-corrected chi connectivity index (χ0v) is 11.7. The summed E-state index contributed by atoms with van der Waals surface area (Å²) in [5.41, 5.74) is 4.87.